The number of hydrogen-bond acceptors (Lipinski definition) is 6. The van der Waals surface area contributed by atoms with Gasteiger partial charge in [-0.25, -0.2) is 0 Å². The van der Waals surface area contributed by atoms with Crippen LogP contribution in [0.3, 0.4) is 0 Å². The number of nitrogens with one attached hydrogen (secondary N) is 1. The number of phenolic OH excluding ortho intramolecular Hbond substituents is 1. The van der Waals surface area contributed by atoms with Crippen LogP contribution >= 0.6 is 0 Å². The highest BCUT2D eigenvalue weighted by Gasteiger charge is 2.44. The number of hydrogen-bond donors (Lipinski definition) is 4. The molecule has 4 N–H and O–H groups in total. The third-order valence-corrected chi connectivity index (χ3v) is 7.04. The number of benzene rings is 1. The fraction of sp³-hybridized carbons (Fsp3) is 0.536. The molecule has 0 bridgehead atoms. The Morgan fingerprint density at radius 2 is 1.92 bits per heavy atom. The number of allylic oxidation sites excluding steroid dienone is 4. The van der Waals surface area contributed by atoms with Gasteiger partial charge in [0.2, 0.25) is 5.91 Å². The number of rotatable bonds is 11. The fourth-order valence-electron chi connectivity index (χ4n) is 4.74. The summed E-state index contributed by atoms with van der Waals surface area (Å²) in [7, 11) is 0. The predicted octanol–water partition coefficient (Wildman–Crippen LogP) is 3.47. The molecule has 1 aromatic carbocycles. The van der Waals surface area contributed by atoms with Crippen molar-refractivity contribution in [2.75, 3.05) is 13.1 Å². The molecule has 0 saturated heterocycles. The molecule has 9 heteroatoms. The molecule has 1 unspecified atom stereocenters. The van der Waals surface area contributed by atoms with Gasteiger partial charge in [0.1, 0.15) is 23.6 Å². The number of phenols is 1. The number of aliphatic hydroxyl groups is 1. The van der Waals surface area contributed by atoms with Crippen LogP contribution in [0.4, 0.5) is 0 Å². The first-order valence-corrected chi connectivity index (χ1v) is 12.7. The van der Waals surface area contributed by atoms with Crippen LogP contribution in [0.1, 0.15) is 81.3 Å². The number of carbonyl (C=O) groups is 3. The Kier molecular flexibility index (Phi) is 9.02. The summed E-state index contributed by atoms with van der Waals surface area (Å²) in [5.41, 5.74) is 3.11. The molecule has 2 amide bonds. The number of carbonyl (C=O) groups excluding carboxylic acids is 2. The zero-order valence-electron chi connectivity index (χ0n) is 22.1. The summed E-state index contributed by atoms with van der Waals surface area (Å²) in [5.74, 6) is -1.60. The zero-order chi connectivity index (χ0) is 27.3. The average molecular weight is 515 g/mol. The lowest BCUT2D eigenvalue weighted by molar-refractivity contribution is -0.138. The minimum absolute atomic E-state index is 0.0439. The molecule has 1 aromatic rings. The Morgan fingerprint density at radius 1 is 1.19 bits per heavy atom. The molecule has 0 aliphatic carbocycles. The first-order valence-electron chi connectivity index (χ1n) is 12.7. The molecule has 2 aliphatic rings. The molecule has 2 aliphatic heterocycles. The standard InChI is InChI=1S/C28H38N2O7/c1-17(2)7-5-8-18(3)9-6-11-28(4)23(32)14-20-22(31)13-19-21(26(20)37-28)16-30(27(19)36)12-10-24(33)29-15-25(34)35/h7,9,13,23,31-32H,5-6,8,10-12,14-16H2,1-4H3,(H,29,33)(H,34,35)/b18-9+/t23?,28-/m0/s1. The highest BCUT2D eigenvalue weighted by molar-refractivity contribution is 6.00. The highest BCUT2D eigenvalue weighted by atomic mass is 16.5. The van der Waals surface area contributed by atoms with Gasteiger partial charge in [-0.3, -0.25) is 14.4 Å². The summed E-state index contributed by atoms with van der Waals surface area (Å²) in [5, 5.41) is 32.5. The van der Waals surface area contributed by atoms with E-state index in [0.717, 1.165) is 19.3 Å². The van der Waals surface area contributed by atoms with Crippen molar-refractivity contribution in [1.29, 1.82) is 0 Å². The van der Waals surface area contributed by atoms with Gasteiger partial charge in [-0.2, -0.15) is 0 Å². The molecular formula is C28H38N2O7. The molecule has 9 nitrogen and oxygen atoms in total. The number of amides is 2. The summed E-state index contributed by atoms with van der Waals surface area (Å²) in [6.07, 6.45) is 6.98. The molecule has 202 valence electrons. The lowest BCUT2D eigenvalue weighted by Gasteiger charge is -2.40. The van der Waals surface area contributed by atoms with Gasteiger partial charge in [0.25, 0.3) is 5.91 Å². The van der Waals surface area contributed by atoms with Crippen LogP contribution < -0.4 is 10.1 Å². The largest absolute Gasteiger partial charge is 0.508 e. The second-order valence-electron chi connectivity index (χ2n) is 10.4. The quantitative estimate of drug-likeness (QED) is 0.332. The Morgan fingerprint density at radius 3 is 2.59 bits per heavy atom. The summed E-state index contributed by atoms with van der Waals surface area (Å²) in [6.45, 7) is 7.95. The fourth-order valence-corrected chi connectivity index (χ4v) is 4.74. The summed E-state index contributed by atoms with van der Waals surface area (Å²) >= 11 is 0. The average Bonchev–Trinajstić information content (AvgIpc) is 3.13. The second-order valence-corrected chi connectivity index (χ2v) is 10.4. The molecule has 0 fully saturated rings. The number of aliphatic hydroxyl groups excluding tert-OH is 1. The van der Waals surface area contributed by atoms with Gasteiger partial charge in [0.15, 0.2) is 0 Å². The Bertz CT molecular complexity index is 1120. The monoisotopic (exact) mass is 514 g/mol. The maximum atomic E-state index is 13.0. The molecular weight excluding hydrogens is 476 g/mol. The van der Waals surface area contributed by atoms with Crippen LogP contribution in [0.2, 0.25) is 0 Å². The van der Waals surface area contributed by atoms with E-state index < -0.39 is 30.1 Å². The normalized spacial score (nSPS) is 20.7. The number of carboxylic acid groups (broad SMARTS) is 1. The van der Waals surface area contributed by atoms with E-state index in [0.29, 0.717) is 28.9 Å². The van der Waals surface area contributed by atoms with Gasteiger partial charge in [0, 0.05) is 30.5 Å². The van der Waals surface area contributed by atoms with Crippen LogP contribution in [-0.2, 0) is 22.6 Å². The van der Waals surface area contributed by atoms with E-state index in [2.05, 4.69) is 38.2 Å². The van der Waals surface area contributed by atoms with E-state index in [1.54, 1.807) is 0 Å². The van der Waals surface area contributed by atoms with Crippen molar-refractivity contribution in [3.8, 4) is 11.5 Å². The zero-order valence-corrected chi connectivity index (χ0v) is 22.1. The number of aromatic hydroxyl groups is 1. The summed E-state index contributed by atoms with van der Waals surface area (Å²) in [6, 6.07) is 1.40. The molecule has 37 heavy (non-hydrogen) atoms. The lowest BCUT2D eigenvalue weighted by atomic mass is 9.84. The Hall–Kier alpha value is -3.33. The van der Waals surface area contributed by atoms with Crippen LogP contribution in [-0.4, -0.2) is 62.8 Å². The number of ether oxygens (including phenoxy) is 1. The SMILES string of the molecule is CC(C)=CCC/C(C)=C/CC[C@]1(C)Oc2c(c(O)cc3c2CN(CCC(=O)NCC(=O)O)C3=O)CC1O. The van der Waals surface area contributed by atoms with Crippen molar-refractivity contribution in [2.24, 2.45) is 0 Å². The van der Waals surface area contributed by atoms with Gasteiger partial charge in [-0.15, -0.1) is 0 Å². The number of fused-ring (bicyclic) bond motifs is 3. The van der Waals surface area contributed by atoms with E-state index in [9.17, 15) is 24.6 Å². The van der Waals surface area contributed by atoms with Crippen LogP contribution in [0.15, 0.2) is 29.4 Å². The minimum atomic E-state index is -1.14. The van der Waals surface area contributed by atoms with E-state index in [1.807, 2.05) is 6.92 Å². The first-order chi connectivity index (χ1) is 17.4. The van der Waals surface area contributed by atoms with E-state index in [1.165, 1.54) is 22.1 Å². The number of nitrogens with zero attached hydrogens (tertiary/aromatic N) is 1. The predicted molar refractivity (Wildman–Crippen MR) is 139 cm³/mol. The van der Waals surface area contributed by atoms with Crippen molar-refractivity contribution in [3.63, 3.8) is 0 Å². The molecule has 2 atom stereocenters. The van der Waals surface area contributed by atoms with E-state index >= 15 is 0 Å². The summed E-state index contributed by atoms with van der Waals surface area (Å²) < 4.78 is 6.36. The molecule has 3 rings (SSSR count). The van der Waals surface area contributed by atoms with Crippen molar-refractivity contribution >= 4 is 17.8 Å². The van der Waals surface area contributed by atoms with Crippen molar-refractivity contribution in [2.45, 2.75) is 84.5 Å². The molecule has 0 saturated carbocycles. The first kappa shape index (κ1) is 28.2. The molecule has 2 heterocycles. The van der Waals surface area contributed by atoms with Gasteiger partial charge < -0.3 is 30.3 Å². The van der Waals surface area contributed by atoms with E-state index in [-0.39, 0.29) is 37.6 Å². The maximum absolute atomic E-state index is 13.0. The highest BCUT2D eigenvalue weighted by Crippen LogP contribution is 2.46. The van der Waals surface area contributed by atoms with Gasteiger partial charge >= 0.3 is 5.97 Å². The van der Waals surface area contributed by atoms with Crippen LogP contribution in [0, 0.1) is 0 Å². The number of aliphatic carboxylic acids is 1. The molecule has 0 spiro atoms. The maximum Gasteiger partial charge on any atom is 0.322 e. The van der Waals surface area contributed by atoms with Crippen LogP contribution in [0.25, 0.3) is 0 Å². The second kappa shape index (κ2) is 11.8. The lowest BCUT2D eigenvalue weighted by Crippen LogP contribution is -2.49. The van der Waals surface area contributed by atoms with E-state index in [4.69, 9.17) is 9.84 Å². The van der Waals surface area contributed by atoms with Gasteiger partial charge in [-0.1, -0.05) is 23.3 Å². The molecule has 0 aromatic heterocycles. The number of carboxylic acids is 1. The third kappa shape index (κ3) is 6.91. The topological polar surface area (TPSA) is 136 Å². The van der Waals surface area contributed by atoms with Gasteiger partial charge in [0.05, 0.1) is 18.2 Å². The van der Waals surface area contributed by atoms with Crippen molar-refractivity contribution < 1.29 is 34.4 Å². The summed E-state index contributed by atoms with van der Waals surface area (Å²) in [4.78, 5) is 37.0. The van der Waals surface area contributed by atoms with Crippen molar-refractivity contribution in [1.82, 2.24) is 10.2 Å². The Balaban J connectivity index is 1.71. The molecule has 0 radical (unpaired) electrons. The smallest absolute Gasteiger partial charge is 0.322 e. The van der Waals surface area contributed by atoms with Crippen LogP contribution in [0.5, 0.6) is 11.5 Å². The Labute approximate surface area is 217 Å². The third-order valence-electron chi connectivity index (χ3n) is 7.04. The van der Waals surface area contributed by atoms with Crippen molar-refractivity contribution in [3.05, 3.63) is 46.1 Å². The van der Waals surface area contributed by atoms with Gasteiger partial charge in [-0.05, 0) is 59.4 Å². The minimum Gasteiger partial charge on any atom is -0.508 e.